The quantitative estimate of drug-likeness (QED) is 0.418. The number of para-hydroxylation sites is 1. The predicted molar refractivity (Wildman–Crippen MR) is 85.8 cm³/mol. The van der Waals surface area contributed by atoms with Gasteiger partial charge in [-0.2, -0.15) is 13.2 Å². The van der Waals surface area contributed by atoms with Gasteiger partial charge >= 0.3 is 6.18 Å². The molecule has 114 valence electrons. The van der Waals surface area contributed by atoms with Crippen molar-refractivity contribution in [3.05, 3.63) is 78.5 Å². The molecule has 0 fully saturated rings. The third-order valence-corrected chi connectivity index (χ3v) is 3.97. The van der Waals surface area contributed by atoms with Crippen LogP contribution in [0.3, 0.4) is 0 Å². The number of rotatable bonds is 1. The fraction of sp³-hybridized carbons (Fsp3) is 0.0526. The first-order valence-electron chi connectivity index (χ1n) is 7.21. The smallest absolute Gasteiger partial charge is 0.305 e. The SMILES string of the molecule is FC(F)(F)c1cc2cc3ccccc3cc2n1-c1ccccc1. The van der Waals surface area contributed by atoms with Crippen LogP contribution in [0.5, 0.6) is 0 Å². The van der Waals surface area contributed by atoms with Crippen molar-refractivity contribution in [2.45, 2.75) is 6.18 Å². The summed E-state index contributed by atoms with van der Waals surface area (Å²) in [7, 11) is 0. The van der Waals surface area contributed by atoms with Crippen LogP contribution in [0.1, 0.15) is 5.69 Å². The van der Waals surface area contributed by atoms with Gasteiger partial charge in [-0.1, -0.05) is 42.5 Å². The molecule has 0 bridgehead atoms. The van der Waals surface area contributed by atoms with Gasteiger partial charge in [-0.25, -0.2) is 0 Å². The molecule has 0 spiro atoms. The van der Waals surface area contributed by atoms with Crippen molar-refractivity contribution in [3.8, 4) is 5.69 Å². The van der Waals surface area contributed by atoms with Crippen LogP contribution in [0, 0.1) is 0 Å². The molecule has 0 N–H and O–H groups in total. The summed E-state index contributed by atoms with van der Waals surface area (Å²) in [4.78, 5) is 0. The van der Waals surface area contributed by atoms with Crippen LogP contribution in [0.2, 0.25) is 0 Å². The lowest BCUT2D eigenvalue weighted by Gasteiger charge is -2.13. The average Bonchev–Trinajstić information content (AvgIpc) is 2.92. The van der Waals surface area contributed by atoms with Crippen molar-refractivity contribution < 1.29 is 13.2 Å². The second kappa shape index (κ2) is 4.88. The molecular formula is C19H12F3N. The lowest BCUT2D eigenvalue weighted by Crippen LogP contribution is -2.12. The standard InChI is InChI=1S/C19H12F3N/c20-19(21,22)18-12-15-10-13-6-4-5-7-14(13)11-17(15)23(18)16-8-2-1-3-9-16/h1-12H. The van der Waals surface area contributed by atoms with E-state index in [0.717, 1.165) is 10.8 Å². The van der Waals surface area contributed by atoms with E-state index in [1.165, 1.54) is 10.6 Å². The molecule has 0 saturated heterocycles. The molecule has 0 aliphatic rings. The van der Waals surface area contributed by atoms with E-state index in [4.69, 9.17) is 0 Å². The van der Waals surface area contributed by atoms with Gasteiger partial charge in [0.15, 0.2) is 0 Å². The Morgan fingerprint density at radius 1 is 0.652 bits per heavy atom. The lowest BCUT2D eigenvalue weighted by molar-refractivity contribution is -0.142. The van der Waals surface area contributed by atoms with Crippen molar-refractivity contribution in [2.75, 3.05) is 0 Å². The Balaban J connectivity index is 2.13. The fourth-order valence-corrected chi connectivity index (χ4v) is 2.96. The molecule has 4 aromatic rings. The molecule has 1 heterocycles. The van der Waals surface area contributed by atoms with Gasteiger partial charge in [0, 0.05) is 11.1 Å². The number of halogens is 3. The number of alkyl halides is 3. The van der Waals surface area contributed by atoms with E-state index >= 15 is 0 Å². The van der Waals surface area contributed by atoms with Crippen LogP contribution >= 0.6 is 0 Å². The van der Waals surface area contributed by atoms with Gasteiger partial charge < -0.3 is 4.57 Å². The molecule has 0 atom stereocenters. The first-order valence-corrected chi connectivity index (χ1v) is 7.21. The van der Waals surface area contributed by atoms with Gasteiger partial charge in [-0.15, -0.1) is 0 Å². The van der Waals surface area contributed by atoms with E-state index < -0.39 is 11.9 Å². The van der Waals surface area contributed by atoms with Gasteiger partial charge in [0.25, 0.3) is 0 Å². The van der Waals surface area contributed by atoms with Crippen LogP contribution < -0.4 is 0 Å². The molecule has 0 aliphatic heterocycles. The highest BCUT2D eigenvalue weighted by molar-refractivity contribution is 5.98. The predicted octanol–water partition coefficient (Wildman–Crippen LogP) is 5.80. The molecule has 0 saturated carbocycles. The zero-order valence-electron chi connectivity index (χ0n) is 12.0. The zero-order chi connectivity index (χ0) is 16.0. The molecule has 1 aromatic heterocycles. The molecule has 1 nitrogen and oxygen atoms in total. The van der Waals surface area contributed by atoms with E-state index in [1.54, 1.807) is 36.4 Å². The molecule has 3 aromatic carbocycles. The molecule has 0 aliphatic carbocycles. The van der Waals surface area contributed by atoms with Crippen molar-refractivity contribution in [1.82, 2.24) is 4.57 Å². The van der Waals surface area contributed by atoms with Crippen LogP contribution in [-0.4, -0.2) is 4.57 Å². The van der Waals surface area contributed by atoms with Crippen LogP contribution in [0.25, 0.3) is 27.4 Å². The molecule has 4 heteroatoms. The minimum atomic E-state index is -4.42. The summed E-state index contributed by atoms with van der Waals surface area (Å²) < 4.78 is 41.8. The maximum atomic E-state index is 13.5. The number of hydrogen-bond donors (Lipinski definition) is 0. The molecule has 4 rings (SSSR count). The maximum Gasteiger partial charge on any atom is 0.431 e. The van der Waals surface area contributed by atoms with E-state index in [1.807, 2.05) is 30.3 Å². The van der Waals surface area contributed by atoms with E-state index in [0.29, 0.717) is 16.6 Å². The highest BCUT2D eigenvalue weighted by Gasteiger charge is 2.35. The highest BCUT2D eigenvalue weighted by atomic mass is 19.4. The average molecular weight is 311 g/mol. The Labute approximate surface area is 130 Å². The third-order valence-electron chi connectivity index (χ3n) is 3.97. The number of fused-ring (bicyclic) bond motifs is 2. The second-order valence-electron chi connectivity index (χ2n) is 5.46. The summed E-state index contributed by atoms with van der Waals surface area (Å²) in [6.45, 7) is 0. The zero-order valence-corrected chi connectivity index (χ0v) is 12.0. The normalized spacial score (nSPS) is 12.1. The Hall–Kier alpha value is -2.75. The summed E-state index contributed by atoms with van der Waals surface area (Å²) in [5.74, 6) is 0. The molecule has 0 radical (unpaired) electrons. The van der Waals surface area contributed by atoms with E-state index in [2.05, 4.69) is 0 Å². The van der Waals surface area contributed by atoms with Gasteiger partial charge in [-0.05, 0) is 41.1 Å². The van der Waals surface area contributed by atoms with Crippen molar-refractivity contribution in [1.29, 1.82) is 0 Å². The Morgan fingerprint density at radius 2 is 1.26 bits per heavy atom. The van der Waals surface area contributed by atoms with Crippen molar-refractivity contribution in [3.63, 3.8) is 0 Å². The topological polar surface area (TPSA) is 4.93 Å². The minimum absolute atomic E-state index is 0.505. The molecule has 0 amide bonds. The van der Waals surface area contributed by atoms with Crippen LogP contribution in [0.15, 0.2) is 72.8 Å². The lowest BCUT2D eigenvalue weighted by atomic mass is 10.1. The Kier molecular flexibility index (Phi) is 2.94. The maximum absolute atomic E-state index is 13.5. The second-order valence-corrected chi connectivity index (χ2v) is 5.46. The summed E-state index contributed by atoms with van der Waals surface area (Å²) in [5.41, 5.74) is 0.404. The first-order chi connectivity index (χ1) is 11.0. The number of aromatic nitrogens is 1. The van der Waals surface area contributed by atoms with E-state index in [9.17, 15) is 13.2 Å². The number of benzene rings is 3. The molecular weight excluding hydrogens is 299 g/mol. The van der Waals surface area contributed by atoms with Gasteiger partial charge in [0.05, 0.1) is 5.52 Å². The fourth-order valence-electron chi connectivity index (χ4n) is 2.96. The summed E-state index contributed by atoms with van der Waals surface area (Å²) in [6.07, 6.45) is -4.42. The monoisotopic (exact) mass is 311 g/mol. The van der Waals surface area contributed by atoms with Crippen LogP contribution in [0.4, 0.5) is 13.2 Å². The van der Waals surface area contributed by atoms with Crippen LogP contribution in [-0.2, 0) is 6.18 Å². The Bertz CT molecular complexity index is 998. The largest absolute Gasteiger partial charge is 0.431 e. The van der Waals surface area contributed by atoms with Crippen molar-refractivity contribution in [2.24, 2.45) is 0 Å². The summed E-state index contributed by atoms with van der Waals surface area (Å²) in [6, 6.07) is 21.0. The first kappa shape index (κ1) is 13.9. The number of nitrogens with zero attached hydrogens (tertiary/aromatic N) is 1. The number of hydrogen-bond acceptors (Lipinski definition) is 0. The van der Waals surface area contributed by atoms with E-state index in [-0.39, 0.29) is 0 Å². The third kappa shape index (κ3) is 2.27. The highest BCUT2D eigenvalue weighted by Crippen LogP contribution is 2.37. The summed E-state index contributed by atoms with van der Waals surface area (Å²) in [5, 5.41) is 2.43. The molecule has 23 heavy (non-hydrogen) atoms. The molecule has 0 unspecified atom stereocenters. The van der Waals surface area contributed by atoms with Gasteiger partial charge in [-0.3, -0.25) is 0 Å². The van der Waals surface area contributed by atoms with Crippen molar-refractivity contribution >= 4 is 21.7 Å². The minimum Gasteiger partial charge on any atom is -0.305 e. The van der Waals surface area contributed by atoms with Gasteiger partial charge in [0.1, 0.15) is 5.69 Å². The van der Waals surface area contributed by atoms with Gasteiger partial charge in [0.2, 0.25) is 0 Å². The summed E-state index contributed by atoms with van der Waals surface area (Å²) >= 11 is 0. The Morgan fingerprint density at radius 3 is 1.91 bits per heavy atom.